The standard InChI is InChI=1S/C23H27N3O5S/c27-22(24-14-11-19-7-3-1-4-8-19)30-21-17-23(31-25-21)12-15-26(16-13-23)32(28,29)18-20-9-5-2-6-10-20/h1-10,17,25H,11-16,18H2,(H,24,27). The van der Waals surface area contributed by atoms with Gasteiger partial charge < -0.3 is 10.1 Å². The number of benzene rings is 2. The lowest BCUT2D eigenvalue weighted by atomic mass is 9.93. The third-order valence-electron chi connectivity index (χ3n) is 5.63. The highest BCUT2D eigenvalue weighted by molar-refractivity contribution is 7.88. The molecule has 2 aliphatic heterocycles. The summed E-state index contributed by atoms with van der Waals surface area (Å²) in [6.45, 7) is 1.13. The Kier molecular flexibility index (Phi) is 6.78. The Balaban J connectivity index is 1.25. The second-order valence-corrected chi connectivity index (χ2v) is 9.94. The number of sulfonamides is 1. The van der Waals surface area contributed by atoms with Crippen molar-refractivity contribution in [1.29, 1.82) is 0 Å². The summed E-state index contributed by atoms with van der Waals surface area (Å²) in [5.41, 5.74) is 3.87. The van der Waals surface area contributed by atoms with Gasteiger partial charge in [0, 0.05) is 25.7 Å². The fourth-order valence-corrected chi connectivity index (χ4v) is 5.39. The van der Waals surface area contributed by atoms with Crippen molar-refractivity contribution in [1.82, 2.24) is 15.1 Å². The van der Waals surface area contributed by atoms with Crippen LogP contribution in [0.4, 0.5) is 4.79 Å². The number of ether oxygens (including phenoxy) is 1. The van der Waals surface area contributed by atoms with E-state index in [0.717, 1.165) is 11.1 Å². The number of hydrogen-bond donors (Lipinski definition) is 2. The molecule has 4 rings (SSSR count). The van der Waals surface area contributed by atoms with Crippen LogP contribution in [0.15, 0.2) is 72.6 Å². The molecule has 1 spiro atoms. The van der Waals surface area contributed by atoms with Crippen molar-refractivity contribution in [2.45, 2.75) is 30.6 Å². The molecule has 1 amide bonds. The number of rotatable bonds is 7. The van der Waals surface area contributed by atoms with E-state index in [1.807, 2.05) is 60.7 Å². The number of piperidine rings is 1. The van der Waals surface area contributed by atoms with Crippen LogP contribution >= 0.6 is 0 Å². The summed E-state index contributed by atoms with van der Waals surface area (Å²) in [7, 11) is -3.41. The van der Waals surface area contributed by atoms with Gasteiger partial charge in [-0.15, -0.1) is 0 Å². The third-order valence-corrected chi connectivity index (χ3v) is 7.48. The molecular formula is C23H27N3O5S. The van der Waals surface area contributed by atoms with Gasteiger partial charge in [0.2, 0.25) is 15.9 Å². The van der Waals surface area contributed by atoms with E-state index in [4.69, 9.17) is 9.57 Å². The first-order valence-corrected chi connectivity index (χ1v) is 12.2. The summed E-state index contributed by atoms with van der Waals surface area (Å²) in [5, 5.41) is 2.71. The molecular weight excluding hydrogens is 430 g/mol. The largest absolute Gasteiger partial charge is 0.413 e. The van der Waals surface area contributed by atoms with E-state index in [9.17, 15) is 13.2 Å². The lowest BCUT2D eigenvalue weighted by molar-refractivity contribution is -0.0729. The molecule has 9 heteroatoms. The maximum absolute atomic E-state index is 12.7. The second-order valence-electron chi connectivity index (χ2n) is 7.97. The van der Waals surface area contributed by atoms with Crippen LogP contribution in [0.2, 0.25) is 0 Å². The first-order valence-electron chi connectivity index (χ1n) is 10.6. The number of hydrogen-bond acceptors (Lipinski definition) is 6. The molecule has 2 heterocycles. The van der Waals surface area contributed by atoms with E-state index in [2.05, 4.69) is 10.8 Å². The van der Waals surface area contributed by atoms with Gasteiger partial charge >= 0.3 is 6.09 Å². The summed E-state index contributed by atoms with van der Waals surface area (Å²) < 4.78 is 32.3. The monoisotopic (exact) mass is 457 g/mol. The van der Waals surface area contributed by atoms with Crippen LogP contribution in [0.25, 0.3) is 0 Å². The zero-order valence-corrected chi connectivity index (χ0v) is 18.5. The van der Waals surface area contributed by atoms with Gasteiger partial charge in [0.05, 0.1) is 5.75 Å². The maximum atomic E-state index is 12.7. The van der Waals surface area contributed by atoms with E-state index in [0.29, 0.717) is 38.9 Å². The zero-order chi connectivity index (χ0) is 22.4. The van der Waals surface area contributed by atoms with Crippen LogP contribution in [-0.4, -0.2) is 44.1 Å². The van der Waals surface area contributed by atoms with Gasteiger partial charge in [-0.2, -0.15) is 0 Å². The fourth-order valence-electron chi connectivity index (χ4n) is 3.86. The predicted molar refractivity (Wildman–Crippen MR) is 120 cm³/mol. The topological polar surface area (TPSA) is 97.0 Å². The minimum Gasteiger partial charge on any atom is -0.392 e. The van der Waals surface area contributed by atoms with E-state index in [1.54, 1.807) is 6.08 Å². The SMILES string of the molecule is O=C(NCCc1ccccc1)OC1=CC2(CCN(S(=O)(=O)Cc3ccccc3)CC2)ON1. The smallest absolute Gasteiger partial charge is 0.392 e. The lowest BCUT2D eigenvalue weighted by Gasteiger charge is -2.35. The molecule has 170 valence electrons. The second kappa shape index (κ2) is 9.72. The zero-order valence-electron chi connectivity index (χ0n) is 17.7. The van der Waals surface area contributed by atoms with E-state index >= 15 is 0 Å². The summed E-state index contributed by atoms with van der Waals surface area (Å²) in [5.74, 6) is 0.204. The van der Waals surface area contributed by atoms with Crippen LogP contribution in [-0.2, 0) is 31.8 Å². The van der Waals surface area contributed by atoms with Gasteiger partial charge in [-0.3, -0.25) is 4.84 Å². The molecule has 2 N–H and O–H groups in total. The number of nitrogens with zero attached hydrogens (tertiary/aromatic N) is 1. The Morgan fingerprint density at radius 2 is 1.66 bits per heavy atom. The van der Waals surface area contributed by atoms with Gasteiger partial charge in [-0.1, -0.05) is 60.7 Å². The predicted octanol–water partition coefficient (Wildman–Crippen LogP) is 2.70. The number of carbonyl (C=O) groups excluding carboxylic acids is 1. The van der Waals surface area contributed by atoms with Crippen LogP contribution in [0, 0.1) is 0 Å². The van der Waals surface area contributed by atoms with E-state index in [1.165, 1.54) is 4.31 Å². The molecule has 0 radical (unpaired) electrons. The molecule has 0 atom stereocenters. The molecule has 2 aromatic carbocycles. The Bertz CT molecular complexity index is 1050. The van der Waals surface area contributed by atoms with Crippen molar-refractivity contribution in [3.63, 3.8) is 0 Å². The van der Waals surface area contributed by atoms with Crippen LogP contribution in [0.3, 0.4) is 0 Å². The molecule has 0 aliphatic carbocycles. The Labute approximate surface area is 188 Å². The van der Waals surface area contributed by atoms with E-state index < -0.39 is 21.7 Å². The van der Waals surface area contributed by atoms with Crippen LogP contribution < -0.4 is 10.8 Å². The molecule has 0 unspecified atom stereocenters. The molecule has 2 aliphatic rings. The average Bonchev–Trinajstić information content (AvgIpc) is 3.16. The minimum absolute atomic E-state index is 0.0205. The molecule has 2 aromatic rings. The summed E-state index contributed by atoms with van der Waals surface area (Å²) >= 11 is 0. The number of nitrogens with one attached hydrogen (secondary N) is 2. The van der Waals surface area contributed by atoms with Crippen molar-refractivity contribution >= 4 is 16.1 Å². The van der Waals surface area contributed by atoms with Gasteiger partial charge in [0.1, 0.15) is 5.60 Å². The number of hydroxylamine groups is 1. The number of amides is 1. The number of carbonyl (C=O) groups is 1. The first kappa shape index (κ1) is 22.3. The fraction of sp³-hybridized carbons (Fsp3) is 0.348. The Hall–Kier alpha value is -2.88. The highest BCUT2D eigenvalue weighted by Gasteiger charge is 2.42. The quantitative estimate of drug-likeness (QED) is 0.664. The molecule has 1 fully saturated rings. The maximum Gasteiger partial charge on any atom is 0.413 e. The average molecular weight is 458 g/mol. The molecule has 0 aromatic heterocycles. The summed E-state index contributed by atoms with van der Waals surface area (Å²) in [4.78, 5) is 17.7. The summed E-state index contributed by atoms with van der Waals surface area (Å²) in [6, 6.07) is 19.0. The van der Waals surface area contributed by atoms with Crippen LogP contribution in [0.1, 0.15) is 24.0 Å². The minimum atomic E-state index is -3.41. The summed E-state index contributed by atoms with van der Waals surface area (Å²) in [6.07, 6.45) is 2.80. The molecule has 0 bridgehead atoms. The van der Waals surface area contributed by atoms with Gasteiger partial charge in [-0.25, -0.2) is 23.0 Å². The Morgan fingerprint density at radius 1 is 1.03 bits per heavy atom. The first-order chi connectivity index (χ1) is 15.4. The molecule has 0 saturated carbocycles. The molecule has 8 nitrogen and oxygen atoms in total. The highest BCUT2D eigenvalue weighted by atomic mass is 32.2. The van der Waals surface area contributed by atoms with Gasteiger partial charge in [0.15, 0.2) is 0 Å². The number of alkyl carbamates (subject to hydrolysis) is 1. The van der Waals surface area contributed by atoms with Gasteiger partial charge in [-0.05, 0) is 30.4 Å². The van der Waals surface area contributed by atoms with Crippen molar-refractivity contribution in [2.24, 2.45) is 0 Å². The molecule has 1 saturated heterocycles. The van der Waals surface area contributed by atoms with Crippen molar-refractivity contribution in [3.8, 4) is 0 Å². The lowest BCUT2D eigenvalue weighted by Crippen LogP contribution is -2.47. The van der Waals surface area contributed by atoms with Crippen LogP contribution in [0.5, 0.6) is 0 Å². The normalized spacial score (nSPS) is 18.1. The highest BCUT2D eigenvalue weighted by Crippen LogP contribution is 2.33. The van der Waals surface area contributed by atoms with Crippen molar-refractivity contribution in [3.05, 3.63) is 83.7 Å². The Morgan fingerprint density at radius 3 is 2.31 bits per heavy atom. The third kappa shape index (κ3) is 5.67. The van der Waals surface area contributed by atoms with E-state index in [-0.39, 0.29) is 11.6 Å². The van der Waals surface area contributed by atoms with Gasteiger partial charge in [0.25, 0.3) is 0 Å². The van der Waals surface area contributed by atoms with Crippen molar-refractivity contribution in [2.75, 3.05) is 19.6 Å². The molecule has 32 heavy (non-hydrogen) atoms. The van der Waals surface area contributed by atoms with Crippen molar-refractivity contribution < 1.29 is 22.8 Å².